The van der Waals surface area contributed by atoms with E-state index in [-0.39, 0.29) is 51.5 Å². The van der Waals surface area contributed by atoms with E-state index in [4.69, 9.17) is 16.6 Å². The van der Waals surface area contributed by atoms with E-state index >= 15 is 4.39 Å². The lowest BCUT2D eigenvalue weighted by molar-refractivity contribution is -0.128. The number of aromatic nitrogens is 5. The van der Waals surface area contributed by atoms with Gasteiger partial charge in [-0.25, -0.2) is 28.7 Å². The predicted molar refractivity (Wildman–Crippen MR) is 165 cm³/mol. The van der Waals surface area contributed by atoms with Gasteiger partial charge >= 0.3 is 5.69 Å². The topological polar surface area (TPSA) is 117 Å². The van der Waals surface area contributed by atoms with Gasteiger partial charge in [-0.15, -0.1) is 0 Å². The SMILES string of the molecule is C=CC(=O)N1CCN(c2nc(=O)n(-c3c(C(C)C)ncnc3C(C)C)c3nc(-c4c(O)cccc4F)c(Cl)cc23)C[C@@H]1C. The second kappa shape index (κ2) is 11.7. The molecular weight excluding hydrogens is 573 g/mol. The van der Waals surface area contributed by atoms with Crippen LogP contribution >= 0.6 is 11.6 Å². The molecule has 10 nitrogen and oxygen atoms in total. The minimum absolute atomic E-state index is 0.0288. The first kappa shape index (κ1) is 30.1. The van der Waals surface area contributed by atoms with Crippen LogP contribution in [0.3, 0.4) is 0 Å². The van der Waals surface area contributed by atoms with Gasteiger partial charge in [0.2, 0.25) is 5.91 Å². The molecule has 224 valence electrons. The molecule has 1 saturated heterocycles. The number of piperazine rings is 1. The molecule has 5 rings (SSSR count). The second-order valence-corrected chi connectivity index (χ2v) is 11.6. The van der Waals surface area contributed by atoms with Gasteiger partial charge in [0.25, 0.3) is 0 Å². The second-order valence-electron chi connectivity index (χ2n) is 11.2. The average molecular weight is 606 g/mol. The number of rotatable bonds is 6. The van der Waals surface area contributed by atoms with Crippen LogP contribution in [0, 0.1) is 5.82 Å². The molecule has 0 unspecified atom stereocenters. The van der Waals surface area contributed by atoms with Crippen LogP contribution in [0.25, 0.3) is 28.0 Å². The number of hydrogen-bond donors (Lipinski definition) is 1. The molecule has 1 amide bonds. The number of amides is 1. The van der Waals surface area contributed by atoms with Crippen molar-refractivity contribution in [1.29, 1.82) is 0 Å². The molecule has 1 atom stereocenters. The Hall–Kier alpha value is -4.38. The fourth-order valence-electron chi connectivity index (χ4n) is 5.55. The summed E-state index contributed by atoms with van der Waals surface area (Å²) >= 11 is 6.74. The van der Waals surface area contributed by atoms with Crippen molar-refractivity contribution in [2.45, 2.75) is 52.5 Å². The first-order chi connectivity index (χ1) is 20.4. The molecule has 1 aliphatic rings. The lowest BCUT2D eigenvalue weighted by Crippen LogP contribution is -2.54. The summed E-state index contributed by atoms with van der Waals surface area (Å²) in [6, 6.07) is 5.31. The van der Waals surface area contributed by atoms with Crippen molar-refractivity contribution in [3.8, 4) is 22.7 Å². The maximum absolute atomic E-state index is 15.1. The highest BCUT2D eigenvalue weighted by molar-refractivity contribution is 6.34. The third-order valence-corrected chi connectivity index (χ3v) is 7.90. The molecule has 0 aliphatic carbocycles. The number of phenolic OH excluding ortho intramolecular Hbond substituents is 1. The highest BCUT2D eigenvalue weighted by Crippen LogP contribution is 2.39. The maximum atomic E-state index is 15.1. The van der Waals surface area contributed by atoms with Crippen LogP contribution in [-0.4, -0.2) is 66.1 Å². The summed E-state index contributed by atoms with van der Waals surface area (Å²) in [5, 5.41) is 11.1. The van der Waals surface area contributed by atoms with Crippen molar-refractivity contribution in [3.63, 3.8) is 0 Å². The third kappa shape index (κ3) is 5.33. The number of hydrogen-bond acceptors (Lipinski definition) is 8. The Morgan fingerprint density at radius 1 is 1.14 bits per heavy atom. The molecule has 12 heteroatoms. The van der Waals surface area contributed by atoms with Crippen molar-refractivity contribution < 1.29 is 14.3 Å². The average Bonchev–Trinajstić information content (AvgIpc) is 2.96. The fraction of sp³-hybridized carbons (Fsp3) is 0.355. The summed E-state index contributed by atoms with van der Waals surface area (Å²) in [6.07, 6.45) is 2.76. The van der Waals surface area contributed by atoms with Crippen LogP contribution in [0.5, 0.6) is 5.75 Å². The predicted octanol–water partition coefficient (Wildman–Crippen LogP) is 5.21. The molecule has 1 aliphatic heterocycles. The zero-order valence-corrected chi connectivity index (χ0v) is 25.4. The van der Waals surface area contributed by atoms with E-state index in [1.807, 2.05) is 39.5 Å². The Kier molecular flexibility index (Phi) is 8.20. The van der Waals surface area contributed by atoms with Gasteiger partial charge in [-0.3, -0.25) is 4.79 Å². The summed E-state index contributed by atoms with van der Waals surface area (Å²) in [4.78, 5) is 48.4. The van der Waals surface area contributed by atoms with E-state index in [9.17, 15) is 14.7 Å². The monoisotopic (exact) mass is 605 g/mol. The number of anilines is 1. The number of carbonyl (C=O) groups excluding carboxylic acids is 1. The van der Waals surface area contributed by atoms with Gasteiger partial charge in [0, 0.05) is 25.7 Å². The molecule has 0 saturated carbocycles. The Labute approximate surface area is 253 Å². The molecule has 4 heterocycles. The van der Waals surface area contributed by atoms with Crippen molar-refractivity contribution >= 4 is 34.4 Å². The zero-order valence-electron chi connectivity index (χ0n) is 24.7. The molecule has 43 heavy (non-hydrogen) atoms. The number of benzene rings is 1. The van der Waals surface area contributed by atoms with Crippen LogP contribution in [0.2, 0.25) is 5.02 Å². The number of phenols is 1. The van der Waals surface area contributed by atoms with E-state index < -0.39 is 11.5 Å². The van der Waals surface area contributed by atoms with Gasteiger partial charge in [0.15, 0.2) is 5.65 Å². The van der Waals surface area contributed by atoms with E-state index in [0.717, 1.165) is 0 Å². The van der Waals surface area contributed by atoms with Crippen LogP contribution in [0.4, 0.5) is 10.2 Å². The molecule has 1 aromatic carbocycles. The van der Waals surface area contributed by atoms with Crippen molar-refractivity contribution in [1.82, 2.24) is 29.4 Å². The molecule has 0 radical (unpaired) electrons. The van der Waals surface area contributed by atoms with E-state index in [1.54, 1.807) is 11.0 Å². The van der Waals surface area contributed by atoms with Crippen LogP contribution in [0.15, 0.2) is 48.0 Å². The summed E-state index contributed by atoms with van der Waals surface area (Å²) < 4.78 is 16.5. The van der Waals surface area contributed by atoms with E-state index in [2.05, 4.69) is 21.5 Å². The summed E-state index contributed by atoms with van der Waals surface area (Å²) in [5.41, 5.74) is 1.01. The third-order valence-electron chi connectivity index (χ3n) is 7.61. The fourth-order valence-corrected chi connectivity index (χ4v) is 5.79. The number of nitrogens with zero attached hydrogens (tertiary/aromatic N) is 7. The van der Waals surface area contributed by atoms with Gasteiger partial charge in [-0.1, -0.05) is 51.9 Å². The van der Waals surface area contributed by atoms with Crippen molar-refractivity contribution in [3.05, 3.63) is 76.0 Å². The maximum Gasteiger partial charge on any atom is 0.355 e. The lowest BCUT2D eigenvalue weighted by Gasteiger charge is -2.40. The van der Waals surface area contributed by atoms with E-state index in [0.29, 0.717) is 47.9 Å². The zero-order chi connectivity index (χ0) is 31.2. The van der Waals surface area contributed by atoms with Crippen LogP contribution < -0.4 is 10.6 Å². The van der Waals surface area contributed by atoms with Gasteiger partial charge in [-0.05, 0) is 43.0 Å². The molecule has 1 fully saturated rings. The lowest BCUT2D eigenvalue weighted by atomic mass is 10.0. The molecule has 0 spiro atoms. The van der Waals surface area contributed by atoms with Gasteiger partial charge in [0.1, 0.15) is 23.7 Å². The Bertz CT molecular complexity index is 1760. The van der Waals surface area contributed by atoms with Gasteiger partial charge in [-0.2, -0.15) is 4.98 Å². The number of halogens is 2. The highest BCUT2D eigenvalue weighted by atomic mass is 35.5. The molecule has 1 N–H and O–H groups in total. The first-order valence-electron chi connectivity index (χ1n) is 14.1. The highest BCUT2D eigenvalue weighted by Gasteiger charge is 2.31. The van der Waals surface area contributed by atoms with Gasteiger partial charge < -0.3 is 14.9 Å². The Morgan fingerprint density at radius 3 is 2.40 bits per heavy atom. The quantitative estimate of drug-likeness (QED) is 0.298. The smallest absolute Gasteiger partial charge is 0.355 e. The normalized spacial score (nSPS) is 15.5. The number of fused-ring (bicyclic) bond motifs is 1. The molecular formula is C31H33ClFN7O3. The largest absolute Gasteiger partial charge is 0.507 e. The van der Waals surface area contributed by atoms with Gasteiger partial charge in [0.05, 0.1) is 38.7 Å². The summed E-state index contributed by atoms with van der Waals surface area (Å²) in [7, 11) is 0. The van der Waals surface area contributed by atoms with Crippen LogP contribution in [-0.2, 0) is 4.79 Å². The number of carbonyl (C=O) groups is 1. The van der Waals surface area contributed by atoms with Crippen molar-refractivity contribution in [2.75, 3.05) is 24.5 Å². The standard InChI is InChI=1S/C31H33ClFN7O3/c1-7-23(42)39-12-11-38(14-18(39)6)29-19-13-20(32)27(24-21(33)9-8-10-22(24)41)36-30(19)40(31(43)37-29)28-25(16(2)3)34-15-35-26(28)17(4)5/h7-10,13,15-18,41H,1,11-12,14H2,2-6H3/t18-/m0/s1. The number of aromatic hydroxyl groups is 1. The number of pyridine rings is 1. The van der Waals surface area contributed by atoms with E-state index in [1.165, 1.54) is 35.2 Å². The minimum Gasteiger partial charge on any atom is -0.507 e. The molecule has 0 bridgehead atoms. The first-order valence-corrected chi connectivity index (χ1v) is 14.5. The minimum atomic E-state index is -0.720. The summed E-state index contributed by atoms with van der Waals surface area (Å²) in [5.74, 6) is -1.08. The Balaban J connectivity index is 1.85. The van der Waals surface area contributed by atoms with Crippen molar-refractivity contribution in [2.24, 2.45) is 0 Å². The summed E-state index contributed by atoms with van der Waals surface area (Å²) in [6.45, 7) is 14.5. The molecule has 4 aromatic rings. The van der Waals surface area contributed by atoms with Crippen LogP contribution in [0.1, 0.15) is 57.8 Å². The molecule has 3 aromatic heterocycles. The Morgan fingerprint density at radius 2 is 1.81 bits per heavy atom.